The van der Waals surface area contributed by atoms with E-state index in [0.29, 0.717) is 16.4 Å². The average Bonchev–Trinajstić information content (AvgIpc) is 3.21. The van der Waals surface area contributed by atoms with E-state index in [1.54, 1.807) is 25.1 Å². The first-order chi connectivity index (χ1) is 15.1. The monoisotopic (exact) mass is 470 g/mol. The first kappa shape index (κ1) is 21.7. The predicted molar refractivity (Wildman–Crippen MR) is 122 cm³/mol. The minimum Gasteiger partial charge on any atom is -0.345 e. The second-order valence-electron chi connectivity index (χ2n) is 7.58. The minimum absolute atomic E-state index is 0.132. The molecule has 3 N–H and O–H groups in total. The zero-order valence-corrected chi connectivity index (χ0v) is 18.8. The Morgan fingerprint density at radius 1 is 1.31 bits per heavy atom. The zero-order valence-electron chi connectivity index (χ0n) is 17.2. The van der Waals surface area contributed by atoms with E-state index >= 15 is 0 Å². The van der Waals surface area contributed by atoms with Crippen LogP contribution in [-0.4, -0.2) is 36.5 Å². The van der Waals surface area contributed by atoms with Gasteiger partial charge in [0.25, 0.3) is 0 Å². The van der Waals surface area contributed by atoms with Crippen molar-refractivity contribution in [1.29, 1.82) is 10.7 Å². The molecule has 164 valence electrons. The summed E-state index contributed by atoms with van der Waals surface area (Å²) in [5, 5.41) is 25.2. The quantitative estimate of drug-likeness (QED) is 0.536. The second kappa shape index (κ2) is 7.89. The van der Waals surface area contributed by atoms with Crippen LogP contribution in [0.25, 0.3) is 11.3 Å². The number of rotatable bonds is 4. The van der Waals surface area contributed by atoms with Crippen LogP contribution in [-0.2, 0) is 15.6 Å². The van der Waals surface area contributed by atoms with Crippen LogP contribution in [0.5, 0.6) is 0 Å². The van der Waals surface area contributed by atoms with Gasteiger partial charge in [-0.1, -0.05) is 12.1 Å². The molecule has 32 heavy (non-hydrogen) atoms. The highest BCUT2D eigenvalue weighted by atomic mass is 32.2. The number of benzene rings is 2. The maximum atomic E-state index is 14.7. The van der Waals surface area contributed by atoms with Gasteiger partial charge >= 0.3 is 0 Å². The summed E-state index contributed by atoms with van der Waals surface area (Å²) in [4.78, 5) is 4.54. The van der Waals surface area contributed by atoms with Crippen LogP contribution >= 0.6 is 11.3 Å². The summed E-state index contributed by atoms with van der Waals surface area (Å²) >= 11 is 1.36. The van der Waals surface area contributed by atoms with E-state index in [1.807, 2.05) is 17.5 Å². The van der Waals surface area contributed by atoms with Gasteiger partial charge in [-0.25, -0.2) is 22.1 Å². The second-order valence-corrected chi connectivity index (χ2v) is 10.4. The Labute approximate surface area is 188 Å². The molecular formula is C21H19FN6O2S2. The summed E-state index contributed by atoms with van der Waals surface area (Å²) in [5.74, 6) is -1.28. The standard InChI is InChI=1S/C21H19FN6O2S2/c1-21(12-32(29,30)28(2)19(24)27-21)16-9-15(7-8-17(16)22)25-20-26-18(11-31-20)14-5-3-13(10-23)4-6-14/h3-9,11H,12H2,1-2H3,(H2,24,27)(H,25,26)/t21-/m0/s1. The third-order valence-corrected chi connectivity index (χ3v) is 7.94. The lowest BCUT2D eigenvalue weighted by molar-refractivity contribution is 0.403. The van der Waals surface area contributed by atoms with Crippen LogP contribution in [0.2, 0.25) is 0 Å². The van der Waals surface area contributed by atoms with E-state index < -0.39 is 21.4 Å². The molecule has 8 nitrogen and oxygen atoms in total. The van der Waals surface area contributed by atoms with E-state index in [0.717, 1.165) is 15.6 Å². The fraction of sp³-hybridized carbons (Fsp3) is 0.190. The highest BCUT2D eigenvalue weighted by Gasteiger charge is 2.43. The molecule has 0 radical (unpaired) electrons. The first-order valence-corrected chi connectivity index (χ1v) is 12.0. The number of hydrogen-bond donors (Lipinski definition) is 3. The predicted octanol–water partition coefficient (Wildman–Crippen LogP) is 3.58. The largest absolute Gasteiger partial charge is 0.345 e. The Morgan fingerprint density at radius 2 is 2.03 bits per heavy atom. The van der Waals surface area contributed by atoms with Crippen LogP contribution in [0.4, 0.5) is 15.2 Å². The fourth-order valence-corrected chi connectivity index (χ4v) is 5.67. The van der Waals surface area contributed by atoms with Crippen molar-refractivity contribution in [3.8, 4) is 17.3 Å². The van der Waals surface area contributed by atoms with Gasteiger partial charge in [0, 0.05) is 29.2 Å². The fourth-order valence-electron chi connectivity index (χ4n) is 3.45. The molecule has 0 aliphatic carbocycles. The lowest BCUT2D eigenvalue weighted by atomic mass is 9.93. The zero-order chi connectivity index (χ0) is 23.1. The van der Waals surface area contributed by atoms with Crippen molar-refractivity contribution < 1.29 is 12.8 Å². The van der Waals surface area contributed by atoms with Gasteiger partial charge in [-0.2, -0.15) is 5.26 Å². The number of hydrogen-bond acceptors (Lipinski definition) is 7. The van der Waals surface area contributed by atoms with Crippen molar-refractivity contribution in [3.63, 3.8) is 0 Å². The van der Waals surface area contributed by atoms with Crippen molar-refractivity contribution in [2.75, 3.05) is 18.1 Å². The first-order valence-electron chi connectivity index (χ1n) is 9.48. The Bertz CT molecular complexity index is 1350. The van der Waals surface area contributed by atoms with Crippen molar-refractivity contribution in [2.45, 2.75) is 12.5 Å². The molecule has 1 saturated heterocycles. The van der Waals surface area contributed by atoms with Crippen molar-refractivity contribution >= 4 is 38.1 Å². The average molecular weight is 471 g/mol. The lowest BCUT2D eigenvalue weighted by Gasteiger charge is -2.40. The van der Waals surface area contributed by atoms with Gasteiger partial charge in [-0.3, -0.25) is 5.41 Å². The van der Waals surface area contributed by atoms with E-state index in [2.05, 4.69) is 21.7 Å². The van der Waals surface area contributed by atoms with Gasteiger partial charge in [0.1, 0.15) is 5.82 Å². The number of nitrogens with zero attached hydrogens (tertiary/aromatic N) is 3. The summed E-state index contributed by atoms with van der Waals surface area (Å²) < 4.78 is 40.4. The van der Waals surface area contributed by atoms with Crippen LogP contribution < -0.4 is 10.6 Å². The summed E-state index contributed by atoms with van der Waals surface area (Å²) in [7, 11) is -2.47. The Balaban J connectivity index is 1.61. The maximum Gasteiger partial charge on any atom is 0.239 e. The molecule has 1 atom stereocenters. The molecule has 11 heteroatoms. The van der Waals surface area contributed by atoms with Crippen molar-refractivity contribution in [1.82, 2.24) is 14.6 Å². The summed E-state index contributed by atoms with van der Waals surface area (Å²) in [6.07, 6.45) is 0. The molecule has 2 heterocycles. The van der Waals surface area contributed by atoms with Crippen LogP contribution in [0.3, 0.4) is 0 Å². The molecule has 0 spiro atoms. The molecule has 0 saturated carbocycles. The molecule has 0 bridgehead atoms. The number of anilines is 2. The molecule has 0 amide bonds. The molecule has 2 aromatic carbocycles. The van der Waals surface area contributed by atoms with Gasteiger partial charge < -0.3 is 10.6 Å². The van der Waals surface area contributed by atoms with Crippen molar-refractivity contribution in [2.24, 2.45) is 0 Å². The number of thiazole rings is 1. The number of aromatic nitrogens is 1. The van der Waals surface area contributed by atoms with Gasteiger partial charge in [0.05, 0.1) is 28.6 Å². The van der Waals surface area contributed by atoms with Gasteiger partial charge in [0.15, 0.2) is 5.13 Å². The van der Waals surface area contributed by atoms with Gasteiger partial charge in [0.2, 0.25) is 16.0 Å². The van der Waals surface area contributed by atoms with Gasteiger partial charge in [-0.05, 0) is 37.3 Å². The van der Waals surface area contributed by atoms with E-state index in [4.69, 9.17) is 10.7 Å². The molecule has 4 rings (SSSR count). The Kier molecular flexibility index (Phi) is 5.36. The third kappa shape index (κ3) is 4.02. The third-order valence-electron chi connectivity index (χ3n) is 5.22. The van der Waals surface area contributed by atoms with E-state index in [-0.39, 0.29) is 17.3 Å². The lowest BCUT2D eigenvalue weighted by Crippen LogP contribution is -2.61. The Hall–Kier alpha value is -3.49. The number of guanidine groups is 1. The highest BCUT2D eigenvalue weighted by Crippen LogP contribution is 2.33. The van der Waals surface area contributed by atoms with Gasteiger partial charge in [-0.15, -0.1) is 11.3 Å². The molecule has 1 aliphatic heterocycles. The summed E-state index contributed by atoms with van der Waals surface area (Å²) in [5.41, 5.74) is 1.52. The molecule has 0 unspecified atom stereocenters. The molecule has 1 fully saturated rings. The van der Waals surface area contributed by atoms with Crippen LogP contribution in [0.15, 0.2) is 47.8 Å². The van der Waals surface area contributed by atoms with Crippen LogP contribution in [0.1, 0.15) is 18.1 Å². The topological polar surface area (TPSA) is 122 Å². The number of nitriles is 1. The Morgan fingerprint density at radius 3 is 2.69 bits per heavy atom. The molecular weight excluding hydrogens is 451 g/mol. The smallest absolute Gasteiger partial charge is 0.239 e. The normalized spacial score (nSPS) is 19.8. The number of halogens is 1. The SMILES string of the molecule is CN1C(=N)N[C@](C)(c2cc(Nc3nc(-c4ccc(C#N)cc4)cs3)ccc2F)CS1(=O)=O. The van der Waals surface area contributed by atoms with E-state index in [1.165, 1.54) is 30.5 Å². The van der Waals surface area contributed by atoms with Crippen molar-refractivity contribution in [3.05, 3.63) is 64.8 Å². The van der Waals surface area contributed by atoms with Crippen LogP contribution in [0, 0.1) is 22.6 Å². The van der Waals surface area contributed by atoms with E-state index in [9.17, 15) is 12.8 Å². The molecule has 3 aromatic rings. The summed E-state index contributed by atoms with van der Waals surface area (Å²) in [6, 6.07) is 13.5. The highest BCUT2D eigenvalue weighted by molar-refractivity contribution is 7.89. The minimum atomic E-state index is -3.76. The number of sulfonamides is 1. The maximum absolute atomic E-state index is 14.7. The summed E-state index contributed by atoms with van der Waals surface area (Å²) in [6.45, 7) is 1.56. The molecule has 1 aliphatic rings. The number of nitrogens with one attached hydrogen (secondary N) is 3. The molecule has 1 aromatic heterocycles.